The second-order valence-corrected chi connectivity index (χ2v) is 4.50. The van der Waals surface area contributed by atoms with Crippen LogP contribution in [-0.2, 0) is 11.3 Å². The Morgan fingerprint density at radius 1 is 1.71 bits per heavy atom. The van der Waals surface area contributed by atoms with E-state index in [2.05, 4.69) is 5.10 Å². The van der Waals surface area contributed by atoms with Crippen LogP contribution in [0.2, 0.25) is 0 Å². The van der Waals surface area contributed by atoms with E-state index in [0.29, 0.717) is 24.5 Å². The second kappa shape index (κ2) is 4.44. The van der Waals surface area contributed by atoms with Crippen LogP contribution in [0.15, 0.2) is 6.07 Å². The smallest absolute Gasteiger partial charge is 0.244 e. The number of amides is 1. The third kappa shape index (κ3) is 2.04. The highest BCUT2D eigenvalue weighted by molar-refractivity contribution is 5.96. The van der Waals surface area contributed by atoms with Crippen molar-refractivity contribution >= 4 is 11.7 Å². The maximum absolute atomic E-state index is 12.6. The first kappa shape index (κ1) is 12.0. The molecule has 0 spiro atoms. The molecular formula is C11H17FN4O. The molecule has 94 valence electrons. The molecule has 0 saturated heterocycles. The largest absolute Gasteiger partial charge is 0.320 e. The standard InChI is InChI=1S/C11H17FN4O/c1-7(6-12)9-5-10-15(2)11(17)8(13)3-4-16(10)14-9/h5,7-8H,3-4,6,13H2,1-2H3. The number of likely N-dealkylation sites (N-methyl/N-ethyl adjacent to an activating group) is 1. The summed E-state index contributed by atoms with van der Waals surface area (Å²) in [6, 6.07) is 1.28. The Hall–Kier alpha value is -1.43. The number of nitrogens with two attached hydrogens (primary N) is 1. The highest BCUT2D eigenvalue weighted by atomic mass is 19.1. The van der Waals surface area contributed by atoms with E-state index < -0.39 is 12.7 Å². The van der Waals surface area contributed by atoms with Gasteiger partial charge in [-0.05, 0) is 6.42 Å². The van der Waals surface area contributed by atoms with Gasteiger partial charge in [-0.1, -0.05) is 6.92 Å². The zero-order valence-electron chi connectivity index (χ0n) is 10.1. The van der Waals surface area contributed by atoms with Gasteiger partial charge in [0.2, 0.25) is 5.91 Å². The lowest BCUT2D eigenvalue weighted by Gasteiger charge is -2.16. The molecule has 0 aromatic carbocycles. The molecule has 1 aliphatic rings. The molecule has 17 heavy (non-hydrogen) atoms. The van der Waals surface area contributed by atoms with Gasteiger partial charge in [-0.15, -0.1) is 0 Å². The molecule has 2 heterocycles. The predicted molar refractivity (Wildman–Crippen MR) is 62.6 cm³/mol. The van der Waals surface area contributed by atoms with Gasteiger partial charge in [0.15, 0.2) is 0 Å². The minimum absolute atomic E-state index is 0.122. The Balaban J connectivity index is 2.36. The number of aromatic nitrogens is 2. The summed E-state index contributed by atoms with van der Waals surface area (Å²) >= 11 is 0. The van der Waals surface area contributed by atoms with Gasteiger partial charge in [-0.3, -0.25) is 14.1 Å². The number of nitrogens with zero attached hydrogens (tertiary/aromatic N) is 3. The summed E-state index contributed by atoms with van der Waals surface area (Å²) in [4.78, 5) is 13.3. The van der Waals surface area contributed by atoms with Gasteiger partial charge in [-0.25, -0.2) is 4.68 Å². The van der Waals surface area contributed by atoms with Crippen molar-refractivity contribution in [2.24, 2.45) is 5.73 Å². The Labute approximate surface area is 99.4 Å². The number of hydrogen-bond donors (Lipinski definition) is 1. The van der Waals surface area contributed by atoms with E-state index in [4.69, 9.17) is 5.73 Å². The molecule has 2 unspecified atom stereocenters. The average Bonchev–Trinajstić information content (AvgIpc) is 2.73. The number of hydrogen-bond acceptors (Lipinski definition) is 3. The molecule has 1 aromatic rings. The number of carbonyl (C=O) groups excluding carboxylic acids is 1. The monoisotopic (exact) mass is 240 g/mol. The molecule has 2 rings (SSSR count). The zero-order valence-corrected chi connectivity index (χ0v) is 10.1. The summed E-state index contributed by atoms with van der Waals surface area (Å²) in [5.74, 6) is 0.327. The molecule has 0 radical (unpaired) electrons. The summed E-state index contributed by atoms with van der Waals surface area (Å²) < 4.78 is 14.3. The number of halogens is 1. The van der Waals surface area contributed by atoms with Gasteiger partial charge < -0.3 is 5.73 Å². The Morgan fingerprint density at radius 3 is 3.06 bits per heavy atom. The number of fused-ring (bicyclic) bond motifs is 1. The van der Waals surface area contributed by atoms with Gasteiger partial charge >= 0.3 is 0 Å². The van der Waals surface area contributed by atoms with Crippen LogP contribution >= 0.6 is 0 Å². The van der Waals surface area contributed by atoms with Crippen molar-refractivity contribution in [3.63, 3.8) is 0 Å². The van der Waals surface area contributed by atoms with E-state index in [1.54, 1.807) is 24.7 Å². The van der Waals surface area contributed by atoms with Crippen molar-refractivity contribution in [1.82, 2.24) is 9.78 Å². The van der Waals surface area contributed by atoms with Crippen molar-refractivity contribution in [2.75, 3.05) is 18.6 Å². The first-order chi connectivity index (χ1) is 8.04. The van der Waals surface area contributed by atoms with Gasteiger partial charge in [0.25, 0.3) is 0 Å². The van der Waals surface area contributed by atoms with E-state index in [0.717, 1.165) is 0 Å². The maximum Gasteiger partial charge on any atom is 0.244 e. The average molecular weight is 240 g/mol. The van der Waals surface area contributed by atoms with Crippen molar-refractivity contribution in [2.45, 2.75) is 31.8 Å². The fourth-order valence-corrected chi connectivity index (χ4v) is 1.93. The van der Waals surface area contributed by atoms with Crippen LogP contribution in [0.3, 0.4) is 0 Å². The number of alkyl halides is 1. The molecule has 2 N–H and O–H groups in total. The molecule has 0 saturated carbocycles. The topological polar surface area (TPSA) is 64.2 Å². The Kier molecular flexibility index (Phi) is 3.15. The summed E-state index contributed by atoms with van der Waals surface area (Å²) in [7, 11) is 1.67. The highest BCUT2D eigenvalue weighted by Gasteiger charge is 2.27. The predicted octanol–water partition coefficient (Wildman–Crippen LogP) is 0.650. The molecule has 0 bridgehead atoms. The van der Waals surface area contributed by atoms with Crippen LogP contribution in [0.5, 0.6) is 0 Å². The molecule has 2 atom stereocenters. The summed E-state index contributed by atoms with van der Waals surface area (Å²) in [6.07, 6.45) is 0.557. The summed E-state index contributed by atoms with van der Waals surface area (Å²) in [6.45, 7) is 1.91. The van der Waals surface area contributed by atoms with Crippen LogP contribution in [0.1, 0.15) is 25.0 Å². The Morgan fingerprint density at radius 2 is 2.41 bits per heavy atom. The van der Waals surface area contributed by atoms with Gasteiger partial charge in [-0.2, -0.15) is 5.10 Å². The van der Waals surface area contributed by atoms with Crippen molar-refractivity contribution in [3.05, 3.63) is 11.8 Å². The van der Waals surface area contributed by atoms with Gasteiger partial charge in [0.1, 0.15) is 5.82 Å². The quantitative estimate of drug-likeness (QED) is 0.825. The van der Waals surface area contributed by atoms with E-state index in [1.165, 1.54) is 4.90 Å². The lowest BCUT2D eigenvalue weighted by molar-refractivity contribution is -0.119. The summed E-state index contributed by atoms with van der Waals surface area (Å²) in [5.41, 5.74) is 6.42. The molecule has 0 fully saturated rings. The molecule has 0 aliphatic carbocycles. The van der Waals surface area contributed by atoms with Gasteiger partial charge in [0.05, 0.1) is 18.4 Å². The number of carbonyl (C=O) groups is 1. The third-order valence-corrected chi connectivity index (χ3v) is 3.16. The van der Waals surface area contributed by atoms with Crippen LogP contribution < -0.4 is 10.6 Å². The van der Waals surface area contributed by atoms with Crippen LogP contribution in [0, 0.1) is 0 Å². The van der Waals surface area contributed by atoms with E-state index in [1.807, 2.05) is 0 Å². The zero-order chi connectivity index (χ0) is 12.6. The SMILES string of the molecule is CC(CF)c1cc2n(n1)CCC(N)C(=O)N2C. The fourth-order valence-electron chi connectivity index (χ4n) is 1.93. The number of anilines is 1. The van der Waals surface area contributed by atoms with Crippen molar-refractivity contribution in [3.8, 4) is 0 Å². The van der Waals surface area contributed by atoms with Crippen molar-refractivity contribution in [1.29, 1.82) is 0 Å². The normalized spacial score (nSPS) is 22.2. The summed E-state index contributed by atoms with van der Waals surface area (Å²) in [5, 5.41) is 4.33. The minimum Gasteiger partial charge on any atom is -0.320 e. The van der Waals surface area contributed by atoms with E-state index in [-0.39, 0.29) is 11.8 Å². The lowest BCUT2D eigenvalue weighted by atomic mass is 10.1. The van der Waals surface area contributed by atoms with Crippen molar-refractivity contribution < 1.29 is 9.18 Å². The first-order valence-electron chi connectivity index (χ1n) is 5.71. The third-order valence-electron chi connectivity index (χ3n) is 3.16. The van der Waals surface area contributed by atoms with E-state index in [9.17, 15) is 9.18 Å². The number of aryl methyl sites for hydroxylation is 1. The number of rotatable bonds is 2. The molecular weight excluding hydrogens is 223 g/mol. The fraction of sp³-hybridized carbons (Fsp3) is 0.636. The molecule has 1 aromatic heterocycles. The molecule has 1 aliphatic heterocycles. The van der Waals surface area contributed by atoms with Crippen LogP contribution in [-0.4, -0.2) is 35.5 Å². The molecule has 6 heteroatoms. The second-order valence-electron chi connectivity index (χ2n) is 4.50. The molecule has 1 amide bonds. The maximum atomic E-state index is 12.6. The molecule has 5 nitrogen and oxygen atoms in total. The van der Waals surface area contributed by atoms with Crippen LogP contribution in [0.25, 0.3) is 0 Å². The van der Waals surface area contributed by atoms with Gasteiger partial charge in [0, 0.05) is 25.6 Å². The highest BCUT2D eigenvalue weighted by Crippen LogP contribution is 2.24. The minimum atomic E-state index is -0.483. The van der Waals surface area contributed by atoms with Crippen LogP contribution in [0.4, 0.5) is 10.2 Å². The Bertz CT molecular complexity index is 431. The van der Waals surface area contributed by atoms with E-state index >= 15 is 0 Å². The lowest BCUT2D eigenvalue weighted by Crippen LogP contribution is -2.40. The first-order valence-corrected chi connectivity index (χ1v) is 5.71.